The van der Waals surface area contributed by atoms with Gasteiger partial charge in [0.25, 0.3) is 0 Å². The summed E-state index contributed by atoms with van der Waals surface area (Å²) in [5, 5.41) is 11.5. The number of hydrogen-bond donors (Lipinski definition) is 1. The lowest BCUT2D eigenvalue weighted by molar-refractivity contribution is -0.121. The van der Waals surface area contributed by atoms with Gasteiger partial charge in [-0.1, -0.05) is 18.1 Å². The number of carbonyl (C=O) groups is 1. The molecule has 120 valence electrons. The van der Waals surface area contributed by atoms with E-state index in [4.69, 9.17) is 11.7 Å². The number of nitrogens with one attached hydrogen (secondary N) is 1. The zero-order valence-electron chi connectivity index (χ0n) is 13.3. The quantitative estimate of drug-likeness (QED) is 0.818. The molecule has 1 aromatic carbocycles. The minimum atomic E-state index is -0.0107. The van der Waals surface area contributed by atoms with Gasteiger partial charge in [-0.3, -0.25) is 14.6 Å². The van der Waals surface area contributed by atoms with Crippen molar-refractivity contribution in [2.24, 2.45) is 0 Å². The summed E-state index contributed by atoms with van der Waals surface area (Å²) in [6.07, 6.45) is 6.18. The van der Waals surface area contributed by atoms with E-state index >= 15 is 0 Å². The van der Waals surface area contributed by atoms with Crippen LogP contribution in [-0.2, 0) is 11.3 Å². The maximum atomic E-state index is 11.7. The normalized spacial score (nSPS) is 16.1. The monoisotopic (exact) mass is 310 g/mol. The van der Waals surface area contributed by atoms with E-state index in [1.54, 1.807) is 0 Å². The summed E-state index contributed by atoms with van der Waals surface area (Å²) in [4.78, 5) is 16.3. The molecule has 23 heavy (non-hydrogen) atoms. The summed E-state index contributed by atoms with van der Waals surface area (Å²) >= 11 is 0. The molecule has 0 saturated carbocycles. The van der Waals surface area contributed by atoms with Crippen molar-refractivity contribution >= 4 is 5.91 Å². The van der Waals surface area contributed by atoms with Gasteiger partial charge in [0.2, 0.25) is 5.91 Å². The van der Waals surface area contributed by atoms with Crippen LogP contribution >= 0.6 is 0 Å². The van der Waals surface area contributed by atoms with Gasteiger partial charge in [0.05, 0.1) is 24.7 Å². The molecule has 1 aliphatic heterocycles. The van der Waals surface area contributed by atoms with Crippen molar-refractivity contribution in [1.29, 1.82) is 5.26 Å². The van der Waals surface area contributed by atoms with Crippen molar-refractivity contribution in [3.63, 3.8) is 0 Å². The van der Waals surface area contributed by atoms with E-state index < -0.39 is 0 Å². The van der Waals surface area contributed by atoms with Crippen LogP contribution in [0, 0.1) is 23.7 Å². The van der Waals surface area contributed by atoms with Gasteiger partial charge in [-0.05, 0) is 37.2 Å². The van der Waals surface area contributed by atoms with Crippen LogP contribution in [0.3, 0.4) is 0 Å². The molecule has 5 heteroatoms. The van der Waals surface area contributed by atoms with E-state index in [2.05, 4.69) is 27.1 Å². The summed E-state index contributed by atoms with van der Waals surface area (Å²) in [5.41, 5.74) is 1.90. The van der Waals surface area contributed by atoms with Crippen LogP contribution in [0.5, 0.6) is 0 Å². The summed E-state index contributed by atoms with van der Waals surface area (Å²) in [6.45, 7) is 5.32. The fourth-order valence-electron chi connectivity index (χ4n) is 2.69. The van der Waals surface area contributed by atoms with Gasteiger partial charge in [-0.2, -0.15) is 5.26 Å². The molecule has 0 bridgehead atoms. The van der Waals surface area contributed by atoms with E-state index in [-0.39, 0.29) is 12.5 Å². The van der Waals surface area contributed by atoms with Crippen molar-refractivity contribution in [1.82, 2.24) is 15.1 Å². The first-order valence-corrected chi connectivity index (χ1v) is 7.85. The van der Waals surface area contributed by atoms with E-state index in [1.807, 2.05) is 24.3 Å². The van der Waals surface area contributed by atoms with Gasteiger partial charge in [0.15, 0.2) is 0 Å². The SMILES string of the molecule is C#CCNC(=O)CN1CCCN(Cc2ccc(C#N)cc2)CC1. The Labute approximate surface area is 137 Å². The molecular weight excluding hydrogens is 288 g/mol. The van der Waals surface area contributed by atoms with Crippen molar-refractivity contribution < 1.29 is 4.79 Å². The largest absolute Gasteiger partial charge is 0.344 e. The average Bonchev–Trinajstić information content (AvgIpc) is 2.79. The average molecular weight is 310 g/mol. The number of rotatable bonds is 5. The number of benzene rings is 1. The molecule has 0 aliphatic carbocycles. The molecule has 1 amide bonds. The third kappa shape index (κ3) is 5.75. The first-order valence-electron chi connectivity index (χ1n) is 7.85. The molecule has 1 fully saturated rings. The number of nitriles is 1. The zero-order valence-corrected chi connectivity index (χ0v) is 13.3. The summed E-state index contributed by atoms with van der Waals surface area (Å²) < 4.78 is 0. The highest BCUT2D eigenvalue weighted by Crippen LogP contribution is 2.10. The van der Waals surface area contributed by atoms with Crippen molar-refractivity contribution in [2.45, 2.75) is 13.0 Å². The fourth-order valence-corrected chi connectivity index (χ4v) is 2.69. The second-order valence-electron chi connectivity index (χ2n) is 5.70. The molecule has 5 nitrogen and oxygen atoms in total. The molecule has 0 radical (unpaired) electrons. The highest BCUT2D eigenvalue weighted by molar-refractivity contribution is 5.78. The van der Waals surface area contributed by atoms with E-state index in [0.29, 0.717) is 12.1 Å². The molecule has 1 saturated heterocycles. The first-order chi connectivity index (χ1) is 11.2. The zero-order chi connectivity index (χ0) is 16.5. The van der Waals surface area contributed by atoms with Gasteiger partial charge in [-0.25, -0.2) is 0 Å². The Morgan fingerprint density at radius 2 is 1.87 bits per heavy atom. The lowest BCUT2D eigenvalue weighted by Crippen LogP contribution is -2.39. The molecule has 0 atom stereocenters. The number of nitrogens with zero attached hydrogens (tertiary/aromatic N) is 3. The molecule has 1 aromatic rings. The highest BCUT2D eigenvalue weighted by atomic mass is 16.2. The Bertz CT molecular complexity index is 597. The fraction of sp³-hybridized carbons (Fsp3) is 0.444. The van der Waals surface area contributed by atoms with Crippen LogP contribution in [0.25, 0.3) is 0 Å². The molecule has 1 aliphatic rings. The molecular formula is C18H22N4O. The number of terminal acetylenes is 1. The standard InChI is InChI=1S/C18H22N4O/c1-2-8-20-18(23)15-22-10-3-9-21(11-12-22)14-17-6-4-16(13-19)5-7-17/h1,4-7H,3,8-12,14-15H2,(H,20,23). The molecule has 2 rings (SSSR count). The highest BCUT2D eigenvalue weighted by Gasteiger charge is 2.16. The van der Waals surface area contributed by atoms with E-state index in [9.17, 15) is 4.79 Å². The van der Waals surface area contributed by atoms with Crippen molar-refractivity contribution in [3.8, 4) is 18.4 Å². The summed E-state index contributed by atoms with van der Waals surface area (Å²) in [7, 11) is 0. The predicted octanol–water partition coefficient (Wildman–Crippen LogP) is 0.815. The molecule has 1 heterocycles. The molecule has 0 aromatic heterocycles. The second-order valence-corrected chi connectivity index (χ2v) is 5.70. The van der Waals surface area contributed by atoms with Gasteiger partial charge < -0.3 is 5.32 Å². The van der Waals surface area contributed by atoms with Crippen LogP contribution in [0.1, 0.15) is 17.5 Å². The number of hydrogen-bond acceptors (Lipinski definition) is 4. The second kappa shape index (κ2) is 8.95. The maximum Gasteiger partial charge on any atom is 0.234 e. The smallest absolute Gasteiger partial charge is 0.234 e. The Morgan fingerprint density at radius 3 is 2.57 bits per heavy atom. The third-order valence-corrected chi connectivity index (χ3v) is 3.93. The number of carbonyl (C=O) groups excluding carboxylic acids is 1. The van der Waals surface area contributed by atoms with Gasteiger partial charge in [-0.15, -0.1) is 6.42 Å². The third-order valence-electron chi connectivity index (χ3n) is 3.93. The Kier molecular flexibility index (Phi) is 6.62. The molecule has 1 N–H and O–H groups in total. The lowest BCUT2D eigenvalue weighted by Gasteiger charge is -2.21. The lowest BCUT2D eigenvalue weighted by atomic mass is 10.1. The Morgan fingerprint density at radius 1 is 1.17 bits per heavy atom. The van der Waals surface area contributed by atoms with Crippen molar-refractivity contribution in [3.05, 3.63) is 35.4 Å². The predicted molar refractivity (Wildman–Crippen MR) is 89.3 cm³/mol. The summed E-state index contributed by atoms with van der Waals surface area (Å²) in [6, 6.07) is 9.87. The Hall–Kier alpha value is -2.34. The van der Waals surface area contributed by atoms with Crippen LogP contribution in [0.15, 0.2) is 24.3 Å². The number of amides is 1. The maximum absolute atomic E-state index is 11.7. The molecule has 0 spiro atoms. The van der Waals surface area contributed by atoms with Crippen LogP contribution in [-0.4, -0.2) is 55.0 Å². The van der Waals surface area contributed by atoms with Crippen LogP contribution < -0.4 is 5.32 Å². The molecule has 0 unspecified atom stereocenters. The van der Waals surface area contributed by atoms with Gasteiger partial charge in [0, 0.05) is 19.6 Å². The van der Waals surface area contributed by atoms with Crippen LogP contribution in [0.4, 0.5) is 0 Å². The van der Waals surface area contributed by atoms with Crippen molar-refractivity contribution in [2.75, 3.05) is 39.3 Å². The minimum Gasteiger partial charge on any atom is -0.344 e. The Balaban J connectivity index is 1.80. The van der Waals surface area contributed by atoms with E-state index in [0.717, 1.165) is 39.1 Å². The van der Waals surface area contributed by atoms with Crippen LogP contribution in [0.2, 0.25) is 0 Å². The first kappa shape index (κ1) is 17.0. The van der Waals surface area contributed by atoms with Gasteiger partial charge in [0.1, 0.15) is 0 Å². The van der Waals surface area contributed by atoms with E-state index in [1.165, 1.54) is 5.56 Å². The summed E-state index contributed by atoms with van der Waals surface area (Å²) in [5.74, 6) is 2.40. The topological polar surface area (TPSA) is 59.4 Å². The van der Waals surface area contributed by atoms with Gasteiger partial charge >= 0.3 is 0 Å². The minimum absolute atomic E-state index is 0.0107.